The lowest BCUT2D eigenvalue weighted by Crippen LogP contribution is -1.89. The number of hydrogen-bond donors (Lipinski definition) is 0. The van der Waals surface area contributed by atoms with Gasteiger partial charge in [-0.05, 0) is 66.0 Å². The highest BCUT2D eigenvalue weighted by Gasteiger charge is 1.97. The Morgan fingerprint density at radius 2 is 1.76 bits per heavy atom. The standard InChI is InChI=1S/C16H21I/c1-2-3-4-5-6-7-8-9-12-15-13-10-11-14-16(15)17/h3,10-11,13-14H,1,4-9,12H2. The molecule has 0 radical (unpaired) electrons. The quantitative estimate of drug-likeness (QED) is 0.332. The number of hydrogen-bond acceptors (Lipinski definition) is 0. The Kier molecular flexibility index (Phi) is 8.12. The molecule has 0 amide bonds. The van der Waals surface area contributed by atoms with Crippen molar-refractivity contribution in [1.82, 2.24) is 0 Å². The van der Waals surface area contributed by atoms with E-state index in [1.54, 1.807) is 0 Å². The third kappa shape index (κ3) is 6.70. The Balaban J connectivity index is 2.05. The molecule has 0 aliphatic carbocycles. The summed E-state index contributed by atoms with van der Waals surface area (Å²) in [6, 6.07) is 8.69. The predicted octanol–water partition coefficient (Wildman–Crippen LogP) is 5.52. The summed E-state index contributed by atoms with van der Waals surface area (Å²) < 4.78 is 1.40. The summed E-state index contributed by atoms with van der Waals surface area (Å²) in [4.78, 5) is 0. The van der Waals surface area contributed by atoms with Gasteiger partial charge in [-0.15, -0.1) is 5.73 Å². The van der Waals surface area contributed by atoms with Crippen LogP contribution in [0.25, 0.3) is 0 Å². The first-order chi connectivity index (χ1) is 8.34. The van der Waals surface area contributed by atoms with E-state index in [9.17, 15) is 0 Å². The molecule has 0 aromatic heterocycles. The minimum Gasteiger partial charge on any atom is -0.133 e. The number of unbranched alkanes of at least 4 members (excludes halogenated alkanes) is 5. The minimum atomic E-state index is 1.14. The zero-order valence-corrected chi connectivity index (χ0v) is 12.6. The molecule has 0 atom stereocenters. The Morgan fingerprint density at radius 1 is 1.06 bits per heavy atom. The first-order valence-electron chi connectivity index (χ1n) is 6.42. The van der Waals surface area contributed by atoms with Crippen LogP contribution >= 0.6 is 22.6 Å². The molecule has 0 saturated heterocycles. The number of halogens is 1. The molecular formula is C16H21I. The maximum Gasteiger partial charge on any atom is 0.0162 e. The van der Waals surface area contributed by atoms with E-state index in [1.165, 1.54) is 47.7 Å². The van der Waals surface area contributed by atoms with Crippen LogP contribution in [0.15, 0.2) is 42.7 Å². The van der Waals surface area contributed by atoms with Gasteiger partial charge in [0.1, 0.15) is 0 Å². The molecule has 0 spiro atoms. The monoisotopic (exact) mass is 340 g/mol. The third-order valence-electron chi connectivity index (χ3n) is 2.90. The van der Waals surface area contributed by atoms with Crippen LogP contribution in [0.2, 0.25) is 0 Å². The lowest BCUT2D eigenvalue weighted by Gasteiger charge is -2.04. The molecule has 92 valence electrons. The highest BCUT2D eigenvalue weighted by atomic mass is 127. The molecule has 17 heavy (non-hydrogen) atoms. The number of aryl methyl sites for hydroxylation is 1. The molecule has 0 nitrogen and oxygen atoms in total. The molecule has 1 heteroatoms. The molecule has 0 unspecified atom stereocenters. The van der Waals surface area contributed by atoms with Crippen molar-refractivity contribution in [2.75, 3.05) is 0 Å². The fourth-order valence-corrected chi connectivity index (χ4v) is 2.55. The van der Waals surface area contributed by atoms with Crippen LogP contribution in [0.3, 0.4) is 0 Å². The van der Waals surface area contributed by atoms with Crippen LogP contribution in [0.1, 0.15) is 44.1 Å². The van der Waals surface area contributed by atoms with Gasteiger partial charge in [-0.2, -0.15) is 0 Å². The Labute approximate surface area is 119 Å². The Hall–Kier alpha value is -0.530. The molecule has 0 fully saturated rings. The van der Waals surface area contributed by atoms with E-state index >= 15 is 0 Å². The summed E-state index contributed by atoms with van der Waals surface area (Å²) in [7, 11) is 0. The van der Waals surface area contributed by atoms with Crippen molar-refractivity contribution >= 4 is 22.6 Å². The van der Waals surface area contributed by atoms with Crippen molar-refractivity contribution in [1.29, 1.82) is 0 Å². The number of allylic oxidation sites excluding steroid dienone is 1. The lowest BCUT2D eigenvalue weighted by molar-refractivity contribution is 0.617. The molecule has 0 aliphatic heterocycles. The Bertz CT molecular complexity index is 362. The molecule has 0 bridgehead atoms. The molecule has 1 aromatic carbocycles. The van der Waals surface area contributed by atoms with Gasteiger partial charge in [-0.3, -0.25) is 0 Å². The molecule has 0 N–H and O–H groups in total. The maximum absolute atomic E-state index is 3.57. The molecule has 0 saturated carbocycles. The van der Waals surface area contributed by atoms with Crippen LogP contribution in [-0.2, 0) is 6.42 Å². The average Bonchev–Trinajstić information content (AvgIpc) is 2.35. The fourth-order valence-electron chi connectivity index (χ4n) is 1.90. The van der Waals surface area contributed by atoms with Crippen molar-refractivity contribution in [2.45, 2.75) is 44.9 Å². The van der Waals surface area contributed by atoms with E-state index in [1.807, 2.05) is 6.08 Å². The molecular weight excluding hydrogens is 319 g/mol. The van der Waals surface area contributed by atoms with Crippen LogP contribution in [0, 0.1) is 3.57 Å². The molecule has 1 aromatic rings. The van der Waals surface area contributed by atoms with E-state index in [4.69, 9.17) is 0 Å². The SMILES string of the molecule is C=C=CCCCCCCCc1ccccc1I. The van der Waals surface area contributed by atoms with Gasteiger partial charge in [0.15, 0.2) is 0 Å². The van der Waals surface area contributed by atoms with Gasteiger partial charge < -0.3 is 0 Å². The van der Waals surface area contributed by atoms with Gasteiger partial charge in [0.25, 0.3) is 0 Å². The fraction of sp³-hybridized carbons (Fsp3) is 0.438. The maximum atomic E-state index is 3.57. The van der Waals surface area contributed by atoms with Crippen LogP contribution in [0.4, 0.5) is 0 Å². The van der Waals surface area contributed by atoms with Crippen molar-refractivity contribution in [3.63, 3.8) is 0 Å². The summed E-state index contributed by atoms with van der Waals surface area (Å²) in [6.07, 6.45) is 11.0. The van der Waals surface area contributed by atoms with Gasteiger partial charge >= 0.3 is 0 Å². The molecule has 1 rings (SSSR count). The van der Waals surface area contributed by atoms with Crippen molar-refractivity contribution in [2.24, 2.45) is 0 Å². The highest BCUT2D eigenvalue weighted by molar-refractivity contribution is 14.1. The van der Waals surface area contributed by atoms with E-state index in [0.717, 1.165) is 6.42 Å². The Morgan fingerprint density at radius 3 is 2.53 bits per heavy atom. The van der Waals surface area contributed by atoms with Crippen LogP contribution in [-0.4, -0.2) is 0 Å². The van der Waals surface area contributed by atoms with Crippen LogP contribution < -0.4 is 0 Å². The first kappa shape index (κ1) is 14.5. The zero-order chi connectivity index (χ0) is 12.3. The number of rotatable bonds is 8. The highest BCUT2D eigenvalue weighted by Crippen LogP contribution is 2.15. The second kappa shape index (κ2) is 9.49. The van der Waals surface area contributed by atoms with Gasteiger partial charge in [-0.25, -0.2) is 0 Å². The third-order valence-corrected chi connectivity index (χ3v) is 3.95. The van der Waals surface area contributed by atoms with E-state index in [2.05, 4.69) is 59.2 Å². The van der Waals surface area contributed by atoms with E-state index in [0.29, 0.717) is 0 Å². The van der Waals surface area contributed by atoms with E-state index < -0.39 is 0 Å². The summed E-state index contributed by atoms with van der Waals surface area (Å²) in [5.74, 6) is 0. The normalized spacial score (nSPS) is 9.94. The minimum absolute atomic E-state index is 1.14. The average molecular weight is 340 g/mol. The van der Waals surface area contributed by atoms with Gasteiger partial charge in [0.05, 0.1) is 0 Å². The predicted molar refractivity (Wildman–Crippen MR) is 84.3 cm³/mol. The van der Waals surface area contributed by atoms with Gasteiger partial charge in [0.2, 0.25) is 0 Å². The molecule has 0 aliphatic rings. The van der Waals surface area contributed by atoms with Crippen molar-refractivity contribution in [3.8, 4) is 0 Å². The summed E-state index contributed by atoms with van der Waals surface area (Å²) in [6.45, 7) is 3.57. The summed E-state index contributed by atoms with van der Waals surface area (Å²) in [5, 5.41) is 0. The molecule has 0 heterocycles. The second-order valence-electron chi connectivity index (χ2n) is 4.31. The topological polar surface area (TPSA) is 0 Å². The van der Waals surface area contributed by atoms with Gasteiger partial charge in [-0.1, -0.05) is 44.0 Å². The van der Waals surface area contributed by atoms with Crippen molar-refractivity contribution < 1.29 is 0 Å². The summed E-state index contributed by atoms with van der Waals surface area (Å²) >= 11 is 2.43. The van der Waals surface area contributed by atoms with Crippen LogP contribution in [0.5, 0.6) is 0 Å². The van der Waals surface area contributed by atoms with Crippen molar-refractivity contribution in [3.05, 3.63) is 51.8 Å². The van der Waals surface area contributed by atoms with Gasteiger partial charge in [0, 0.05) is 3.57 Å². The van der Waals surface area contributed by atoms with E-state index in [-0.39, 0.29) is 0 Å². The zero-order valence-electron chi connectivity index (χ0n) is 10.4. The smallest absolute Gasteiger partial charge is 0.0162 e. The first-order valence-corrected chi connectivity index (χ1v) is 7.50. The summed E-state index contributed by atoms with van der Waals surface area (Å²) in [5.41, 5.74) is 4.32. The largest absolute Gasteiger partial charge is 0.133 e. The lowest BCUT2D eigenvalue weighted by atomic mass is 10.1. The second-order valence-corrected chi connectivity index (χ2v) is 5.47. The number of benzene rings is 1.